The van der Waals surface area contributed by atoms with Crippen molar-refractivity contribution >= 4 is 76.4 Å². The fourth-order valence-corrected chi connectivity index (χ4v) is 5.82. The molecule has 0 N–H and O–H groups in total. The van der Waals surface area contributed by atoms with Crippen molar-refractivity contribution in [2.75, 3.05) is 28.4 Å². The third-order valence-electron chi connectivity index (χ3n) is 5.25. The third kappa shape index (κ3) is 6.47. The van der Waals surface area contributed by atoms with Crippen LogP contribution in [0, 0.1) is 0 Å². The zero-order valence-electron chi connectivity index (χ0n) is 20.4. The number of hydrogen-bond donors (Lipinski definition) is 0. The highest BCUT2D eigenvalue weighted by Crippen LogP contribution is 2.52. The molecule has 0 saturated carbocycles. The number of rotatable bonds is 5. The van der Waals surface area contributed by atoms with E-state index in [2.05, 4.69) is 0 Å². The molecule has 1 aromatic heterocycles. The van der Waals surface area contributed by atoms with Crippen molar-refractivity contribution in [3.05, 3.63) is 51.5 Å². The molecule has 4 rings (SSSR count). The molecule has 4 aromatic rings. The van der Waals surface area contributed by atoms with Gasteiger partial charge in [-0.1, -0.05) is 34.8 Å². The average Bonchev–Trinajstić information content (AvgIpc) is 2.85. The molecule has 3 aromatic carbocycles. The summed E-state index contributed by atoms with van der Waals surface area (Å²) in [6.07, 6.45) is 0. The van der Waals surface area contributed by atoms with Crippen LogP contribution in [0.2, 0.25) is 15.1 Å². The van der Waals surface area contributed by atoms with Crippen LogP contribution < -0.4 is 18.9 Å². The van der Waals surface area contributed by atoms with E-state index in [1.54, 1.807) is 51.9 Å². The Bertz CT molecular complexity index is 1570. The minimum absolute atomic E-state index is 0.423. The van der Waals surface area contributed by atoms with E-state index in [1.165, 1.54) is 0 Å². The van der Waals surface area contributed by atoms with Crippen LogP contribution in [-0.4, -0.2) is 46.9 Å². The van der Waals surface area contributed by atoms with E-state index in [0.717, 1.165) is 25.7 Å². The van der Waals surface area contributed by atoms with Crippen molar-refractivity contribution in [2.24, 2.45) is 0 Å². The Morgan fingerprint density at radius 2 is 1.10 bits per heavy atom. The van der Waals surface area contributed by atoms with Crippen LogP contribution in [0.15, 0.2) is 36.4 Å². The second-order valence-corrected chi connectivity index (χ2v) is 11.2. The van der Waals surface area contributed by atoms with Crippen molar-refractivity contribution in [1.82, 2.24) is 0 Å². The molecule has 0 aliphatic heterocycles. The third-order valence-corrected chi connectivity index (χ3v) is 7.72. The van der Waals surface area contributed by atoms with Gasteiger partial charge < -0.3 is 23.5 Å². The molecule has 7 nitrogen and oxygen atoms in total. The predicted octanol–water partition coefficient (Wildman–Crippen LogP) is 8.05. The van der Waals surface area contributed by atoms with Crippen molar-refractivity contribution in [3.63, 3.8) is 0 Å². The smallest absolute Gasteiger partial charge is 0.485 e. The lowest BCUT2D eigenvalue weighted by Crippen LogP contribution is -2.21. The normalized spacial score (nSPS) is 11.7. The van der Waals surface area contributed by atoms with Gasteiger partial charge >= 0.3 is 5.51 Å². The van der Waals surface area contributed by atoms with E-state index in [1.807, 2.05) is 24.3 Å². The molecule has 0 aliphatic carbocycles. The second-order valence-electron chi connectivity index (χ2n) is 7.53. The van der Waals surface area contributed by atoms with Gasteiger partial charge in [-0.15, -0.1) is 0 Å². The van der Waals surface area contributed by atoms with Gasteiger partial charge in [-0.3, -0.25) is 0 Å². The Kier molecular flexibility index (Phi) is 9.51. The van der Waals surface area contributed by atoms with Gasteiger partial charge in [0.25, 0.3) is 0 Å². The Balaban J connectivity index is 0.000000459. The quantitative estimate of drug-likeness (QED) is 0.0938. The zero-order chi connectivity index (χ0) is 29.3. The SMILES string of the molecule is COc1cc(OC)c2c(-c3c(Cl)cc(Cl)cc3Cl)c3c(OC)cc(OC)cc3[s+]c2c1.O=S(=O)([O-])C(F)(F)F. The molecule has 0 spiro atoms. The van der Waals surface area contributed by atoms with E-state index >= 15 is 0 Å². The minimum Gasteiger partial charge on any atom is -0.741 e. The summed E-state index contributed by atoms with van der Waals surface area (Å²) in [5, 5.41) is 2.98. The fourth-order valence-electron chi connectivity index (χ4n) is 3.62. The Hall–Kier alpha value is -2.48. The first-order valence-corrected chi connectivity index (χ1v) is 13.8. The summed E-state index contributed by atoms with van der Waals surface area (Å²) in [7, 11) is 0.373. The predicted molar refractivity (Wildman–Crippen MR) is 146 cm³/mol. The van der Waals surface area contributed by atoms with E-state index in [4.69, 9.17) is 66.7 Å². The van der Waals surface area contributed by atoms with Gasteiger partial charge in [0.15, 0.2) is 10.1 Å². The van der Waals surface area contributed by atoms with Crippen molar-refractivity contribution in [3.8, 4) is 34.1 Å². The topological polar surface area (TPSA) is 94.1 Å². The molecule has 1 heterocycles. The van der Waals surface area contributed by atoms with Gasteiger partial charge in [-0.25, -0.2) is 8.42 Å². The summed E-state index contributed by atoms with van der Waals surface area (Å²) in [6.45, 7) is 0. The summed E-state index contributed by atoms with van der Waals surface area (Å²) < 4.78 is 83.2. The molecule has 0 aliphatic rings. The number of ether oxygens (including phenoxy) is 4. The summed E-state index contributed by atoms with van der Waals surface area (Å²) >= 11 is 21.1. The average molecular weight is 646 g/mol. The van der Waals surface area contributed by atoms with Gasteiger partial charge in [0, 0.05) is 40.4 Å². The van der Waals surface area contributed by atoms with Gasteiger partial charge in [-0.05, 0) is 12.1 Å². The minimum atomic E-state index is -6.09. The van der Waals surface area contributed by atoms with Gasteiger partial charge in [-0.2, -0.15) is 13.2 Å². The highest BCUT2D eigenvalue weighted by atomic mass is 35.5. The van der Waals surface area contributed by atoms with Crippen LogP contribution in [0.25, 0.3) is 31.3 Å². The monoisotopic (exact) mass is 644 g/mol. The van der Waals surface area contributed by atoms with E-state index in [-0.39, 0.29) is 0 Å². The highest BCUT2D eigenvalue weighted by molar-refractivity contribution is 7.86. The van der Waals surface area contributed by atoms with E-state index in [0.29, 0.717) is 43.6 Å². The van der Waals surface area contributed by atoms with Crippen LogP contribution in [0.4, 0.5) is 13.2 Å². The summed E-state index contributed by atoms with van der Waals surface area (Å²) in [4.78, 5) is 0. The van der Waals surface area contributed by atoms with Crippen LogP contribution in [0.1, 0.15) is 0 Å². The molecular weight excluding hydrogens is 628 g/mol. The number of alkyl halides is 3. The maximum Gasteiger partial charge on any atom is 0.485 e. The Morgan fingerprint density at radius 3 is 1.41 bits per heavy atom. The Morgan fingerprint density at radius 1 is 0.718 bits per heavy atom. The van der Waals surface area contributed by atoms with E-state index < -0.39 is 15.6 Å². The highest BCUT2D eigenvalue weighted by Gasteiger charge is 2.37. The number of methoxy groups -OCH3 is 4. The number of halogens is 6. The zero-order valence-corrected chi connectivity index (χ0v) is 24.3. The summed E-state index contributed by atoms with van der Waals surface area (Å²) in [5.74, 6) is 2.60. The molecule has 15 heteroatoms. The molecule has 210 valence electrons. The lowest BCUT2D eigenvalue weighted by atomic mass is 9.96. The lowest BCUT2D eigenvalue weighted by Gasteiger charge is -2.16. The molecule has 0 bridgehead atoms. The Labute approximate surface area is 240 Å². The maximum atomic E-state index is 10.7. The number of fused-ring (bicyclic) bond motifs is 2. The molecule has 39 heavy (non-hydrogen) atoms. The molecular formula is C24H18Cl3F3O7S2. The van der Waals surface area contributed by atoms with Gasteiger partial charge in [0.1, 0.15) is 23.0 Å². The van der Waals surface area contributed by atoms with Crippen molar-refractivity contribution in [2.45, 2.75) is 5.51 Å². The van der Waals surface area contributed by atoms with Crippen LogP contribution in [0.5, 0.6) is 23.0 Å². The number of benzene rings is 3. The van der Waals surface area contributed by atoms with Gasteiger partial charge in [0.05, 0.1) is 49.3 Å². The van der Waals surface area contributed by atoms with Crippen LogP contribution >= 0.6 is 46.1 Å². The van der Waals surface area contributed by atoms with Crippen LogP contribution in [0.3, 0.4) is 0 Å². The summed E-state index contributed by atoms with van der Waals surface area (Å²) in [5.41, 5.74) is -4.22. The van der Waals surface area contributed by atoms with Crippen LogP contribution in [-0.2, 0) is 10.1 Å². The maximum absolute atomic E-state index is 10.7. The van der Waals surface area contributed by atoms with Crippen molar-refractivity contribution < 1.29 is 45.1 Å². The van der Waals surface area contributed by atoms with Crippen molar-refractivity contribution in [1.29, 1.82) is 0 Å². The first-order chi connectivity index (χ1) is 18.2. The molecule has 0 unspecified atom stereocenters. The molecule has 0 saturated heterocycles. The molecule has 0 amide bonds. The second kappa shape index (κ2) is 11.9. The number of hydrogen-bond acceptors (Lipinski definition) is 7. The first kappa shape index (κ1) is 31.1. The summed E-state index contributed by atoms with van der Waals surface area (Å²) in [6, 6.07) is 10.9. The largest absolute Gasteiger partial charge is 0.741 e. The fraction of sp³-hybridized carbons (Fsp3) is 0.208. The van der Waals surface area contributed by atoms with Gasteiger partial charge in [0.2, 0.25) is 20.7 Å². The van der Waals surface area contributed by atoms with E-state index in [9.17, 15) is 13.2 Å². The molecule has 0 radical (unpaired) electrons. The molecule has 0 atom stereocenters. The lowest BCUT2D eigenvalue weighted by molar-refractivity contribution is -0.0517. The standard InChI is InChI=1S/C23H18Cl3O4S.CHF3O3S/c1-27-12-7-16(29-3)21-18(9-12)31-19-10-13(28-2)8-17(30-4)22(19)23(21)20-14(25)5-11(24)6-15(20)26;2-1(3,4)8(5,6)7/h5-10H,1-4H3;(H,5,6,7)/q+1;/p-1. The first-order valence-electron chi connectivity index (χ1n) is 10.4. The molecule has 0 fully saturated rings.